The third kappa shape index (κ3) is 3.51. The van der Waals surface area contributed by atoms with Gasteiger partial charge in [0.05, 0.1) is 23.8 Å². The highest BCUT2D eigenvalue weighted by Gasteiger charge is 2.53. The van der Waals surface area contributed by atoms with Crippen LogP contribution in [0.25, 0.3) is 27.8 Å². The van der Waals surface area contributed by atoms with Crippen molar-refractivity contribution in [2.24, 2.45) is 0 Å². The molecule has 8 nitrogen and oxygen atoms in total. The van der Waals surface area contributed by atoms with E-state index in [4.69, 9.17) is 14.5 Å². The topological polar surface area (TPSA) is 102 Å². The van der Waals surface area contributed by atoms with Gasteiger partial charge in [0.15, 0.2) is 22.9 Å². The molecule has 1 aromatic carbocycles. The second-order valence-corrected chi connectivity index (χ2v) is 9.79. The van der Waals surface area contributed by atoms with E-state index in [1.165, 1.54) is 13.2 Å². The number of carbonyl (C=O) groups is 1. The first-order chi connectivity index (χ1) is 16.6. The summed E-state index contributed by atoms with van der Waals surface area (Å²) in [5.41, 5.74) is 2.12. The Balaban J connectivity index is 1.85. The van der Waals surface area contributed by atoms with Crippen molar-refractivity contribution in [3.8, 4) is 5.69 Å². The summed E-state index contributed by atoms with van der Waals surface area (Å²) >= 11 is 0. The SMILES string of the molecule is COCC(C)(C)c1c(C2CC(OC)(C(=O)O)C2)c2nc3[nH]ncc3cc2n1-c1ccc(F)c(F)c1. The maximum atomic E-state index is 14.4. The molecule has 1 saturated carbocycles. The van der Waals surface area contributed by atoms with Gasteiger partial charge in [-0.2, -0.15) is 5.10 Å². The summed E-state index contributed by atoms with van der Waals surface area (Å²) < 4.78 is 41.0. The van der Waals surface area contributed by atoms with Crippen molar-refractivity contribution >= 4 is 28.0 Å². The van der Waals surface area contributed by atoms with E-state index in [2.05, 4.69) is 10.2 Å². The van der Waals surface area contributed by atoms with Gasteiger partial charge >= 0.3 is 5.97 Å². The van der Waals surface area contributed by atoms with E-state index in [9.17, 15) is 18.7 Å². The van der Waals surface area contributed by atoms with E-state index in [0.29, 0.717) is 29.0 Å². The molecule has 184 valence electrons. The molecule has 3 aromatic heterocycles. The molecule has 0 aliphatic heterocycles. The van der Waals surface area contributed by atoms with Gasteiger partial charge in [-0.1, -0.05) is 13.8 Å². The molecular formula is C25H26F2N4O4. The number of carboxylic acid groups (broad SMARTS) is 1. The van der Waals surface area contributed by atoms with Crippen molar-refractivity contribution in [3.63, 3.8) is 0 Å². The molecule has 2 N–H and O–H groups in total. The second kappa shape index (κ2) is 8.10. The fourth-order valence-electron chi connectivity index (χ4n) is 5.33. The Kier molecular flexibility index (Phi) is 5.41. The number of aromatic amines is 1. The van der Waals surface area contributed by atoms with Crippen LogP contribution in [0.15, 0.2) is 30.5 Å². The number of halogens is 2. The molecular weight excluding hydrogens is 458 g/mol. The van der Waals surface area contributed by atoms with E-state index < -0.39 is 28.6 Å². The summed E-state index contributed by atoms with van der Waals surface area (Å²) in [6.45, 7) is 4.33. The molecule has 4 aromatic rings. The lowest BCUT2D eigenvalue weighted by Gasteiger charge is -2.44. The van der Waals surface area contributed by atoms with Crippen molar-refractivity contribution in [1.29, 1.82) is 0 Å². The van der Waals surface area contributed by atoms with Crippen molar-refractivity contribution < 1.29 is 28.2 Å². The Labute approximate surface area is 199 Å². The number of benzene rings is 1. The van der Waals surface area contributed by atoms with Crippen LogP contribution in [-0.4, -0.2) is 57.3 Å². The Morgan fingerprint density at radius 1 is 1.26 bits per heavy atom. The van der Waals surface area contributed by atoms with Gasteiger partial charge in [-0.25, -0.2) is 18.6 Å². The minimum Gasteiger partial charge on any atom is -0.479 e. The van der Waals surface area contributed by atoms with Crippen LogP contribution in [0.4, 0.5) is 8.78 Å². The van der Waals surface area contributed by atoms with Gasteiger partial charge in [0.1, 0.15) is 0 Å². The summed E-state index contributed by atoms with van der Waals surface area (Å²) in [6.07, 6.45) is 2.16. The largest absolute Gasteiger partial charge is 0.479 e. The number of rotatable bonds is 7. The number of H-pyrrole nitrogens is 1. The first kappa shape index (κ1) is 23.4. The van der Waals surface area contributed by atoms with Crippen molar-refractivity contribution in [1.82, 2.24) is 19.7 Å². The highest BCUT2D eigenvalue weighted by Crippen LogP contribution is 2.52. The Bertz CT molecular complexity index is 1450. The van der Waals surface area contributed by atoms with E-state index in [1.54, 1.807) is 13.3 Å². The zero-order valence-electron chi connectivity index (χ0n) is 19.9. The maximum absolute atomic E-state index is 14.4. The van der Waals surface area contributed by atoms with E-state index in [1.807, 2.05) is 24.5 Å². The highest BCUT2D eigenvalue weighted by molar-refractivity contribution is 5.94. The molecule has 0 unspecified atom stereocenters. The molecule has 0 saturated heterocycles. The average molecular weight is 485 g/mol. The number of aromatic nitrogens is 4. The summed E-state index contributed by atoms with van der Waals surface area (Å²) in [5.74, 6) is -3.10. The number of carboxylic acids is 1. The lowest BCUT2D eigenvalue weighted by atomic mass is 9.66. The summed E-state index contributed by atoms with van der Waals surface area (Å²) in [7, 11) is 3.00. The number of pyridine rings is 1. The number of hydrogen-bond donors (Lipinski definition) is 2. The predicted molar refractivity (Wildman–Crippen MR) is 125 cm³/mol. The van der Waals surface area contributed by atoms with Crippen LogP contribution in [0.3, 0.4) is 0 Å². The van der Waals surface area contributed by atoms with Crippen LogP contribution in [-0.2, 0) is 19.7 Å². The summed E-state index contributed by atoms with van der Waals surface area (Å²) in [4.78, 5) is 16.8. The number of ether oxygens (including phenoxy) is 2. The molecule has 5 rings (SSSR count). The monoisotopic (exact) mass is 484 g/mol. The number of hydrogen-bond acceptors (Lipinski definition) is 5. The van der Waals surface area contributed by atoms with Gasteiger partial charge in [-0.15, -0.1) is 0 Å². The fraction of sp³-hybridized carbons (Fsp3) is 0.400. The van der Waals surface area contributed by atoms with Crippen molar-refractivity contribution in [2.75, 3.05) is 20.8 Å². The molecule has 0 amide bonds. The van der Waals surface area contributed by atoms with Crippen LogP contribution < -0.4 is 0 Å². The molecule has 35 heavy (non-hydrogen) atoms. The highest BCUT2D eigenvalue weighted by atomic mass is 19.2. The molecule has 1 aliphatic carbocycles. The first-order valence-corrected chi connectivity index (χ1v) is 11.2. The zero-order valence-corrected chi connectivity index (χ0v) is 19.9. The summed E-state index contributed by atoms with van der Waals surface area (Å²) in [5, 5.41) is 17.5. The summed E-state index contributed by atoms with van der Waals surface area (Å²) in [6, 6.07) is 5.67. The molecule has 1 fully saturated rings. The van der Waals surface area contributed by atoms with E-state index in [-0.39, 0.29) is 18.8 Å². The minimum atomic E-state index is -1.28. The van der Waals surface area contributed by atoms with Crippen LogP contribution in [0, 0.1) is 11.6 Å². The van der Waals surface area contributed by atoms with Crippen LogP contribution in [0.5, 0.6) is 0 Å². The molecule has 10 heteroatoms. The number of nitrogens with zero attached hydrogens (tertiary/aromatic N) is 3. The molecule has 0 radical (unpaired) electrons. The quantitative estimate of drug-likeness (QED) is 0.402. The fourth-order valence-corrected chi connectivity index (χ4v) is 5.33. The molecule has 1 aliphatic rings. The number of fused-ring (bicyclic) bond motifs is 2. The van der Waals surface area contributed by atoms with E-state index >= 15 is 0 Å². The van der Waals surface area contributed by atoms with Crippen molar-refractivity contribution in [2.45, 2.75) is 43.6 Å². The maximum Gasteiger partial charge on any atom is 0.335 e. The van der Waals surface area contributed by atoms with E-state index in [0.717, 1.165) is 28.8 Å². The lowest BCUT2D eigenvalue weighted by Crippen LogP contribution is -2.51. The zero-order chi connectivity index (χ0) is 25.1. The number of methoxy groups -OCH3 is 2. The number of nitrogens with one attached hydrogen (secondary N) is 1. The smallest absolute Gasteiger partial charge is 0.335 e. The standard InChI is InChI=1S/C25H26F2N4O4/c1-24(2,12-34-3)21-19(14-9-25(10-14,35-4)23(32)33)20-18(7-13-11-28-30-22(13)29-20)31(21)15-5-6-16(26)17(27)8-15/h5-8,11,14H,9-10,12H2,1-4H3,(H,32,33)(H,28,29,30). The molecule has 3 heterocycles. The Hall–Kier alpha value is -3.37. The second-order valence-electron chi connectivity index (χ2n) is 9.79. The lowest BCUT2D eigenvalue weighted by molar-refractivity contribution is -0.175. The third-order valence-electron chi connectivity index (χ3n) is 7.03. The van der Waals surface area contributed by atoms with Gasteiger partial charge in [-0.05, 0) is 37.0 Å². The minimum absolute atomic E-state index is 0.181. The van der Waals surface area contributed by atoms with Gasteiger partial charge in [-0.3, -0.25) is 5.10 Å². The van der Waals surface area contributed by atoms with Gasteiger partial charge in [0.2, 0.25) is 0 Å². The normalized spacial score (nSPS) is 20.5. The first-order valence-electron chi connectivity index (χ1n) is 11.2. The number of aliphatic carboxylic acids is 1. The van der Waals surface area contributed by atoms with Crippen LogP contribution in [0.2, 0.25) is 0 Å². The average Bonchev–Trinajstić information content (AvgIpc) is 3.36. The van der Waals surface area contributed by atoms with Crippen molar-refractivity contribution in [3.05, 3.63) is 53.4 Å². The van der Waals surface area contributed by atoms with Crippen LogP contribution >= 0.6 is 0 Å². The Morgan fingerprint density at radius 2 is 2.00 bits per heavy atom. The van der Waals surface area contributed by atoms with Gasteiger partial charge < -0.3 is 19.1 Å². The Morgan fingerprint density at radius 3 is 2.63 bits per heavy atom. The van der Waals surface area contributed by atoms with Gasteiger partial charge in [0.25, 0.3) is 0 Å². The molecule has 0 spiro atoms. The van der Waals surface area contributed by atoms with Gasteiger partial charge in [0, 0.05) is 48.0 Å². The molecule has 0 atom stereocenters. The predicted octanol–water partition coefficient (Wildman–Crippen LogP) is 4.45. The third-order valence-corrected chi connectivity index (χ3v) is 7.03. The molecule has 0 bridgehead atoms. The van der Waals surface area contributed by atoms with Crippen LogP contribution in [0.1, 0.15) is 43.9 Å².